The Kier molecular flexibility index (Phi) is 9.70. The zero-order valence-electron chi connectivity index (χ0n) is 8.40. The van der Waals surface area contributed by atoms with Crippen LogP contribution >= 0.6 is 0 Å². The van der Waals surface area contributed by atoms with Crippen molar-refractivity contribution in [3.8, 4) is 0 Å². The molecule has 0 bridgehead atoms. The summed E-state index contributed by atoms with van der Waals surface area (Å²) < 4.78 is 0. The molecule has 0 nitrogen and oxygen atoms in total. The van der Waals surface area contributed by atoms with Crippen molar-refractivity contribution >= 4 is 0 Å². The highest BCUT2D eigenvalue weighted by atomic mass is 13.8. The smallest absolute Gasteiger partial charge is 0.0268 e. The standard InChI is InChI=1S/C12H20/c1-3-5-7-9-11-12-10-8-6-4-2/h9-10H,3-8H2,1-2H3. The van der Waals surface area contributed by atoms with Crippen molar-refractivity contribution in [3.05, 3.63) is 23.6 Å². The second-order valence-corrected chi connectivity index (χ2v) is 2.98. The molecule has 0 N–H and O–H groups in total. The number of hydrogen-bond donors (Lipinski definition) is 0. The molecule has 0 amide bonds. The van der Waals surface area contributed by atoms with Crippen LogP contribution in [0.3, 0.4) is 0 Å². The average molecular weight is 164 g/mol. The van der Waals surface area contributed by atoms with Gasteiger partial charge in [-0.25, -0.2) is 0 Å². The summed E-state index contributed by atoms with van der Waals surface area (Å²) >= 11 is 0. The molecule has 0 heteroatoms. The molecule has 12 heavy (non-hydrogen) atoms. The highest BCUT2D eigenvalue weighted by Crippen LogP contribution is 1.94. The SMILES string of the molecule is CCCCC=C=C=CCCCC. The number of hydrogen-bond acceptors (Lipinski definition) is 0. The maximum atomic E-state index is 3.05. The van der Waals surface area contributed by atoms with Gasteiger partial charge in [0, 0.05) is 0 Å². The van der Waals surface area contributed by atoms with Gasteiger partial charge in [0.25, 0.3) is 0 Å². The highest BCUT2D eigenvalue weighted by Gasteiger charge is 1.75. The molecule has 0 spiro atoms. The quantitative estimate of drug-likeness (QED) is 0.407. The van der Waals surface area contributed by atoms with Gasteiger partial charge in [-0.2, -0.15) is 0 Å². The van der Waals surface area contributed by atoms with Gasteiger partial charge in [0.15, 0.2) is 0 Å². The van der Waals surface area contributed by atoms with Gasteiger partial charge in [0.05, 0.1) is 0 Å². The molecule has 0 rings (SSSR count). The second kappa shape index (κ2) is 10.3. The third-order valence-electron chi connectivity index (χ3n) is 1.69. The van der Waals surface area contributed by atoms with E-state index < -0.39 is 0 Å². The van der Waals surface area contributed by atoms with E-state index in [1.165, 1.54) is 25.7 Å². The summed E-state index contributed by atoms with van der Waals surface area (Å²) in [5.41, 5.74) is 6.10. The van der Waals surface area contributed by atoms with Crippen LogP contribution in [0.1, 0.15) is 52.4 Å². The number of allylic oxidation sites excluding steroid dienone is 2. The predicted octanol–water partition coefficient (Wildman–Crippen LogP) is 4.23. The first kappa shape index (κ1) is 11.3. The Morgan fingerprint density at radius 3 is 1.58 bits per heavy atom. The molecule has 0 aromatic carbocycles. The molecule has 0 aliphatic heterocycles. The number of rotatable bonds is 6. The van der Waals surface area contributed by atoms with E-state index in [0.29, 0.717) is 0 Å². The van der Waals surface area contributed by atoms with Gasteiger partial charge in [-0.1, -0.05) is 38.2 Å². The van der Waals surface area contributed by atoms with Crippen molar-refractivity contribution in [2.24, 2.45) is 0 Å². The summed E-state index contributed by atoms with van der Waals surface area (Å²) in [6.45, 7) is 4.41. The normalized spacial score (nSPS) is 8.50. The van der Waals surface area contributed by atoms with E-state index in [1.807, 2.05) is 0 Å². The minimum absolute atomic E-state index is 1.14. The lowest BCUT2D eigenvalue weighted by atomic mass is 10.2. The van der Waals surface area contributed by atoms with Gasteiger partial charge in [0.2, 0.25) is 0 Å². The topological polar surface area (TPSA) is 0 Å². The molecule has 0 aromatic rings. The van der Waals surface area contributed by atoms with Gasteiger partial charge in [-0.3, -0.25) is 0 Å². The second-order valence-electron chi connectivity index (χ2n) is 2.98. The summed E-state index contributed by atoms with van der Waals surface area (Å²) in [7, 11) is 0. The van der Waals surface area contributed by atoms with Crippen LogP contribution in [0.5, 0.6) is 0 Å². The Morgan fingerprint density at radius 1 is 0.833 bits per heavy atom. The molecule has 0 saturated heterocycles. The van der Waals surface area contributed by atoms with E-state index in [-0.39, 0.29) is 0 Å². The van der Waals surface area contributed by atoms with Crippen molar-refractivity contribution < 1.29 is 0 Å². The molecule has 0 aromatic heterocycles. The molecule has 0 aliphatic rings. The molecule has 0 unspecified atom stereocenters. The van der Waals surface area contributed by atoms with Crippen LogP contribution < -0.4 is 0 Å². The largest absolute Gasteiger partial charge is 0.0750 e. The summed E-state index contributed by atoms with van der Waals surface area (Å²) in [5.74, 6) is 0. The van der Waals surface area contributed by atoms with Crippen LogP contribution in [-0.4, -0.2) is 0 Å². The molecule has 0 atom stereocenters. The Hall–Kier alpha value is -0.700. The monoisotopic (exact) mass is 164 g/mol. The Labute approximate surface area is 76.7 Å². The molecule has 0 saturated carbocycles. The average Bonchev–Trinajstić information content (AvgIpc) is 2.10. The zero-order valence-corrected chi connectivity index (χ0v) is 8.40. The van der Waals surface area contributed by atoms with Gasteiger partial charge < -0.3 is 0 Å². The van der Waals surface area contributed by atoms with Crippen molar-refractivity contribution in [2.45, 2.75) is 52.4 Å². The van der Waals surface area contributed by atoms with Crippen LogP contribution in [0.2, 0.25) is 0 Å². The fraction of sp³-hybridized carbons (Fsp3) is 0.667. The van der Waals surface area contributed by atoms with Crippen molar-refractivity contribution in [1.29, 1.82) is 0 Å². The highest BCUT2D eigenvalue weighted by molar-refractivity contribution is 4.86. The Bertz CT molecular complexity index is 144. The van der Waals surface area contributed by atoms with Crippen LogP contribution in [0, 0.1) is 0 Å². The molecule has 0 heterocycles. The molecular weight excluding hydrogens is 144 g/mol. The van der Waals surface area contributed by atoms with Gasteiger partial charge in [-0.05, 0) is 37.8 Å². The molecule has 0 fully saturated rings. The maximum absolute atomic E-state index is 3.05. The predicted molar refractivity (Wildman–Crippen MR) is 55.2 cm³/mol. The van der Waals surface area contributed by atoms with Crippen LogP contribution in [0.4, 0.5) is 0 Å². The van der Waals surface area contributed by atoms with Crippen molar-refractivity contribution in [1.82, 2.24) is 0 Å². The third-order valence-corrected chi connectivity index (χ3v) is 1.69. The number of unbranched alkanes of at least 4 members (excludes halogenated alkanes) is 4. The first-order chi connectivity index (χ1) is 5.91. The van der Waals surface area contributed by atoms with Crippen LogP contribution in [0.25, 0.3) is 0 Å². The van der Waals surface area contributed by atoms with Gasteiger partial charge in [-0.15, -0.1) is 0 Å². The lowest BCUT2D eigenvalue weighted by molar-refractivity contribution is 0.813. The first-order valence-electron chi connectivity index (χ1n) is 5.06. The van der Waals surface area contributed by atoms with E-state index >= 15 is 0 Å². The lowest BCUT2D eigenvalue weighted by Gasteiger charge is -1.83. The first-order valence-corrected chi connectivity index (χ1v) is 5.06. The third kappa shape index (κ3) is 9.30. The molecule has 0 aliphatic carbocycles. The zero-order chi connectivity index (χ0) is 9.07. The van der Waals surface area contributed by atoms with E-state index in [1.54, 1.807) is 0 Å². The Balaban J connectivity index is 3.43. The minimum Gasteiger partial charge on any atom is -0.0750 e. The van der Waals surface area contributed by atoms with Crippen molar-refractivity contribution in [2.75, 3.05) is 0 Å². The fourth-order valence-electron chi connectivity index (χ4n) is 0.875. The van der Waals surface area contributed by atoms with E-state index in [9.17, 15) is 0 Å². The van der Waals surface area contributed by atoms with Gasteiger partial charge in [0.1, 0.15) is 0 Å². The summed E-state index contributed by atoms with van der Waals surface area (Å²) in [4.78, 5) is 0. The molecule has 68 valence electrons. The summed E-state index contributed by atoms with van der Waals surface area (Å²) in [6, 6.07) is 0. The summed E-state index contributed by atoms with van der Waals surface area (Å²) in [6.07, 6.45) is 11.5. The van der Waals surface area contributed by atoms with E-state index in [4.69, 9.17) is 0 Å². The van der Waals surface area contributed by atoms with Crippen LogP contribution in [-0.2, 0) is 0 Å². The molecular formula is C12H20. The van der Waals surface area contributed by atoms with E-state index in [2.05, 4.69) is 37.5 Å². The Morgan fingerprint density at radius 2 is 1.25 bits per heavy atom. The summed E-state index contributed by atoms with van der Waals surface area (Å²) in [5, 5.41) is 0. The van der Waals surface area contributed by atoms with Crippen molar-refractivity contribution in [3.63, 3.8) is 0 Å². The fourth-order valence-corrected chi connectivity index (χ4v) is 0.875. The molecule has 0 radical (unpaired) electrons. The lowest BCUT2D eigenvalue weighted by Crippen LogP contribution is -1.64. The minimum atomic E-state index is 1.14. The van der Waals surface area contributed by atoms with Crippen LogP contribution in [0.15, 0.2) is 23.6 Å². The van der Waals surface area contributed by atoms with E-state index in [0.717, 1.165) is 12.8 Å². The maximum Gasteiger partial charge on any atom is -0.0268 e. The van der Waals surface area contributed by atoms with Gasteiger partial charge >= 0.3 is 0 Å².